The van der Waals surface area contributed by atoms with E-state index < -0.39 is 149 Å². The predicted molar refractivity (Wildman–Crippen MR) is 144 cm³/mol. The van der Waals surface area contributed by atoms with Gasteiger partial charge in [-0.15, -0.1) is 0 Å². The van der Waals surface area contributed by atoms with Gasteiger partial charge in [0.15, 0.2) is 25.2 Å². The zero-order valence-corrected chi connectivity index (χ0v) is 25.0. The summed E-state index contributed by atoms with van der Waals surface area (Å²) in [4.78, 5) is 0. The molecule has 4 fully saturated rings. The molecular weight excluding hydrogens is 672 g/mol. The lowest BCUT2D eigenvalue weighted by molar-refractivity contribution is -0.286. The number of aliphatic hydroxyl groups is 20. The molecule has 0 aliphatic carbocycles. The van der Waals surface area contributed by atoms with Crippen molar-refractivity contribution in [1.82, 2.24) is 0 Å². The van der Waals surface area contributed by atoms with Gasteiger partial charge in [-0.25, -0.2) is 0 Å². The van der Waals surface area contributed by atoms with E-state index in [0.29, 0.717) is 0 Å². The molecule has 0 aromatic heterocycles. The van der Waals surface area contributed by atoms with Gasteiger partial charge in [-0.2, -0.15) is 0 Å². The molecule has 20 atom stereocenters. The highest BCUT2D eigenvalue weighted by Gasteiger charge is 2.46. The quantitative estimate of drug-likeness (QED) is 0.121. The van der Waals surface area contributed by atoms with E-state index in [4.69, 9.17) is 102 Å². The molecule has 0 spiro atoms. The summed E-state index contributed by atoms with van der Waals surface area (Å²) in [5.41, 5.74) is 0. The molecule has 0 aromatic carbocycles. The molecule has 0 radical (unpaired) electrons. The summed E-state index contributed by atoms with van der Waals surface area (Å²) in [6.07, 6.45) is -27.6. The van der Waals surface area contributed by atoms with Crippen LogP contribution in [0.2, 0.25) is 0 Å². The van der Waals surface area contributed by atoms with E-state index in [-0.39, 0.29) is 0 Å². The second kappa shape index (κ2) is 20.8. The van der Waals surface area contributed by atoms with Crippen LogP contribution in [0.25, 0.3) is 0 Å². The van der Waals surface area contributed by atoms with Crippen LogP contribution < -0.4 is 0 Å². The maximum Gasteiger partial charge on any atom is 0.184 e. The molecule has 24 nitrogen and oxygen atoms in total. The first-order chi connectivity index (χ1) is 22.3. The van der Waals surface area contributed by atoms with Gasteiger partial charge in [0.2, 0.25) is 0 Å². The number of aliphatic hydroxyl groups excluding tert-OH is 20. The monoisotopic (exact) mass is 720 g/mol. The highest BCUT2D eigenvalue weighted by molar-refractivity contribution is 4.91. The minimum absolute atomic E-state index is 0.526. The van der Waals surface area contributed by atoms with Crippen LogP contribution in [0.5, 0.6) is 0 Å². The average molecular weight is 721 g/mol. The first-order valence-corrected chi connectivity index (χ1v) is 14.2. The molecule has 20 N–H and O–H groups in total. The minimum atomic E-state index is -1.57. The van der Waals surface area contributed by atoms with Gasteiger partial charge in [-0.1, -0.05) is 0 Å². The van der Waals surface area contributed by atoms with E-state index in [9.17, 15) is 0 Å². The SMILES string of the molecule is OCC1O[C@@H](O)C(O)[C@@H](O)[C@H]1O.OCC1O[C@H](O)C(O)[C@@H](O)[C@H]1O.OC[C@H](O)[C@@H]1O[C@@H](O)[C@H](O)[C@H]1O.OC[C@H](O)[C@@H]1O[C@H](O)[C@H](O)[C@H]1O. The zero-order chi connectivity index (χ0) is 37.2. The molecule has 4 heterocycles. The third-order valence-corrected chi connectivity index (χ3v) is 7.42. The van der Waals surface area contributed by atoms with Gasteiger partial charge in [-0.05, 0) is 0 Å². The topological polar surface area (TPSA) is 442 Å². The Morgan fingerprint density at radius 3 is 0.792 bits per heavy atom. The van der Waals surface area contributed by atoms with E-state index in [1.54, 1.807) is 0 Å². The van der Waals surface area contributed by atoms with E-state index in [0.717, 1.165) is 0 Å². The van der Waals surface area contributed by atoms with Crippen molar-refractivity contribution in [2.24, 2.45) is 0 Å². The first-order valence-electron chi connectivity index (χ1n) is 14.2. The number of rotatable bonds is 6. The zero-order valence-electron chi connectivity index (χ0n) is 25.0. The molecule has 4 aliphatic rings. The third-order valence-electron chi connectivity index (χ3n) is 7.42. The lowest BCUT2D eigenvalue weighted by Gasteiger charge is -2.37. The molecule has 4 rings (SSSR count). The van der Waals surface area contributed by atoms with E-state index in [2.05, 4.69) is 18.9 Å². The van der Waals surface area contributed by atoms with Crippen molar-refractivity contribution in [3.63, 3.8) is 0 Å². The second-order valence-corrected chi connectivity index (χ2v) is 10.9. The molecular formula is C24H48O24. The number of hydrogen-bond acceptors (Lipinski definition) is 24. The summed E-state index contributed by atoms with van der Waals surface area (Å²) < 4.78 is 18.3. The van der Waals surface area contributed by atoms with Crippen molar-refractivity contribution in [2.75, 3.05) is 26.4 Å². The largest absolute Gasteiger partial charge is 0.394 e. The van der Waals surface area contributed by atoms with E-state index in [1.165, 1.54) is 0 Å². The Labute approximate surface area is 270 Å². The van der Waals surface area contributed by atoms with Crippen LogP contribution in [0, 0.1) is 0 Å². The molecule has 4 aliphatic heterocycles. The van der Waals surface area contributed by atoms with Gasteiger partial charge >= 0.3 is 0 Å². The Bertz CT molecular complexity index is 798. The highest BCUT2D eigenvalue weighted by Crippen LogP contribution is 2.23. The van der Waals surface area contributed by atoms with Crippen molar-refractivity contribution < 1.29 is 121 Å². The average Bonchev–Trinajstić information content (AvgIpc) is 3.49. The fraction of sp³-hybridized carbons (Fsp3) is 1.00. The maximum absolute atomic E-state index is 9.12. The van der Waals surface area contributed by atoms with Crippen molar-refractivity contribution in [3.05, 3.63) is 0 Å². The predicted octanol–water partition coefficient (Wildman–Crippen LogP) is -12.9. The van der Waals surface area contributed by atoms with Crippen LogP contribution in [-0.4, -0.2) is 251 Å². The van der Waals surface area contributed by atoms with Crippen LogP contribution in [0.3, 0.4) is 0 Å². The van der Waals surface area contributed by atoms with Crippen LogP contribution in [0.15, 0.2) is 0 Å². The Balaban J connectivity index is 0.000000320. The molecule has 288 valence electrons. The third kappa shape index (κ3) is 11.5. The Hall–Kier alpha value is -0.960. The summed E-state index contributed by atoms with van der Waals surface area (Å²) in [5, 5.41) is 178. The van der Waals surface area contributed by atoms with Gasteiger partial charge in [0.25, 0.3) is 0 Å². The maximum atomic E-state index is 9.12. The van der Waals surface area contributed by atoms with Crippen LogP contribution >= 0.6 is 0 Å². The second-order valence-electron chi connectivity index (χ2n) is 10.9. The van der Waals surface area contributed by atoms with Crippen LogP contribution in [0.1, 0.15) is 0 Å². The molecule has 4 saturated heterocycles. The van der Waals surface area contributed by atoms with Crippen molar-refractivity contribution in [3.8, 4) is 0 Å². The van der Waals surface area contributed by atoms with E-state index >= 15 is 0 Å². The molecule has 4 unspecified atom stereocenters. The molecule has 24 heteroatoms. The summed E-state index contributed by atoms with van der Waals surface area (Å²) in [5.74, 6) is 0. The van der Waals surface area contributed by atoms with E-state index in [1.807, 2.05) is 0 Å². The summed E-state index contributed by atoms with van der Waals surface area (Å²) in [6, 6.07) is 0. The van der Waals surface area contributed by atoms with Crippen LogP contribution in [0.4, 0.5) is 0 Å². The fourth-order valence-corrected chi connectivity index (χ4v) is 4.38. The molecule has 0 bridgehead atoms. The summed E-state index contributed by atoms with van der Waals surface area (Å²) in [6.45, 7) is -2.24. The number of ether oxygens (including phenoxy) is 4. The number of hydrogen-bond donors (Lipinski definition) is 20. The Morgan fingerprint density at radius 2 is 0.583 bits per heavy atom. The smallest absolute Gasteiger partial charge is 0.184 e. The molecule has 0 amide bonds. The molecule has 0 saturated carbocycles. The van der Waals surface area contributed by atoms with Crippen molar-refractivity contribution >= 4 is 0 Å². The Kier molecular flexibility index (Phi) is 19.5. The molecule has 0 aromatic rings. The first kappa shape index (κ1) is 45.1. The fourth-order valence-electron chi connectivity index (χ4n) is 4.38. The Morgan fingerprint density at radius 1 is 0.333 bits per heavy atom. The lowest BCUT2D eigenvalue weighted by atomic mass is 10.00. The van der Waals surface area contributed by atoms with Crippen molar-refractivity contribution in [1.29, 1.82) is 0 Å². The van der Waals surface area contributed by atoms with Crippen LogP contribution in [-0.2, 0) is 18.9 Å². The summed E-state index contributed by atoms with van der Waals surface area (Å²) >= 11 is 0. The van der Waals surface area contributed by atoms with Gasteiger partial charge in [0.05, 0.1) is 26.4 Å². The normalized spacial score (nSPS) is 47.0. The summed E-state index contributed by atoms with van der Waals surface area (Å²) in [7, 11) is 0. The van der Waals surface area contributed by atoms with Crippen molar-refractivity contribution in [2.45, 2.75) is 123 Å². The minimum Gasteiger partial charge on any atom is -0.394 e. The lowest BCUT2D eigenvalue weighted by Crippen LogP contribution is -2.58. The van der Waals surface area contributed by atoms with Gasteiger partial charge in [0, 0.05) is 0 Å². The van der Waals surface area contributed by atoms with Gasteiger partial charge in [0.1, 0.15) is 97.7 Å². The molecule has 48 heavy (non-hydrogen) atoms. The standard InChI is InChI=1S/4C6H12O6/c2*7-1-2(8)5-3(9)4(10)6(11)12-5;2*7-1-2-3(8)4(9)5(10)6(11)12-2/h4*2-11H,1H2/t2-,3+,4+,5-,6+;2-,3+,4+,5-,6-;2?,3-,4-,5?,6+;2?,3-,4-,5?,6-/m0000/s1. The van der Waals surface area contributed by atoms with Gasteiger partial charge < -0.3 is 121 Å². The highest BCUT2D eigenvalue weighted by atomic mass is 16.7. The van der Waals surface area contributed by atoms with Gasteiger partial charge in [-0.3, -0.25) is 0 Å².